The van der Waals surface area contributed by atoms with Crippen LogP contribution < -0.4 is 5.32 Å². The van der Waals surface area contributed by atoms with E-state index in [-0.39, 0.29) is 6.61 Å². The summed E-state index contributed by atoms with van der Waals surface area (Å²) in [5.74, 6) is 0.384. The number of nitrogens with one attached hydrogen (secondary N) is 1. The third kappa shape index (κ3) is 3.72. The molecule has 0 spiro atoms. The van der Waals surface area contributed by atoms with Gasteiger partial charge in [0.1, 0.15) is 0 Å². The van der Waals surface area contributed by atoms with Crippen LogP contribution in [-0.2, 0) is 13.1 Å². The van der Waals surface area contributed by atoms with E-state index in [0.717, 1.165) is 29.4 Å². The Kier molecular flexibility index (Phi) is 5.39. The number of nitrogens with zero attached hydrogens (tertiary/aromatic N) is 2. The van der Waals surface area contributed by atoms with E-state index in [1.807, 2.05) is 22.9 Å². The Labute approximate surface area is 148 Å². The topological polar surface area (TPSA) is 50.1 Å². The van der Waals surface area contributed by atoms with Gasteiger partial charge in [0.15, 0.2) is 0 Å². The molecule has 2 aromatic rings. The minimum atomic E-state index is 0.117. The molecule has 2 atom stereocenters. The van der Waals surface area contributed by atoms with E-state index < -0.39 is 0 Å². The molecular weight excluding hydrogens is 322 g/mol. The second-order valence-electron chi connectivity index (χ2n) is 6.38. The highest BCUT2D eigenvalue weighted by molar-refractivity contribution is 6.30. The van der Waals surface area contributed by atoms with Crippen molar-refractivity contribution in [3.63, 3.8) is 0 Å². The second-order valence-corrected chi connectivity index (χ2v) is 6.81. The predicted octanol–water partition coefficient (Wildman–Crippen LogP) is 3.35. The van der Waals surface area contributed by atoms with Crippen LogP contribution in [0.5, 0.6) is 0 Å². The van der Waals surface area contributed by atoms with Crippen LogP contribution in [0.2, 0.25) is 5.02 Å². The van der Waals surface area contributed by atoms with E-state index in [2.05, 4.69) is 42.5 Å². The molecule has 0 saturated heterocycles. The summed E-state index contributed by atoms with van der Waals surface area (Å²) in [4.78, 5) is 0. The Morgan fingerprint density at radius 1 is 1.33 bits per heavy atom. The largest absolute Gasteiger partial charge is 0.394 e. The summed E-state index contributed by atoms with van der Waals surface area (Å²) >= 11 is 6.04. The lowest BCUT2D eigenvalue weighted by Crippen LogP contribution is -2.25. The molecule has 2 N–H and O–H groups in total. The SMILES string of the molecule is Cc1nn(CCO)c(C)c1[C@H]1C=C[C@@H](NCc2cccc(Cl)c2)C1. The lowest BCUT2D eigenvalue weighted by molar-refractivity contribution is 0.267. The highest BCUT2D eigenvalue weighted by Crippen LogP contribution is 2.33. The van der Waals surface area contributed by atoms with Crippen LogP contribution in [0.25, 0.3) is 0 Å². The molecule has 0 amide bonds. The number of aliphatic hydroxyl groups excluding tert-OH is 1. The van der Waals surface area contributed by atoms with Gasteiger partial charge >= 0.3 is 0 Å². The predicted molar refractivity (Wildman–Crippen MR) is 97.4 cm³/mol. The quantitative estimate of drug-likeness (QED) is 0.789. The highest BCUT2D eigenvalue weighted by Gasteiger charge is 2.25. The highest BCUT2D eigenvalue weighted by atomic mass is 35.5. The zero-order chi connectivity index (χ0) is 17.1. The molecule has 1 aromatic carbocycles. The first-order chi connectivity index (χ1) is 11.6. The number of allylic oxidation sites excluding steroid dienone is 1. The van der Waals surface area contributed by atoms with E-state index in [9.17, 15) is 0 Å². The maximum absolute atomic E-state index is 9.16. The Morgan fingerprint density at radius 3 is 2.92 bits per heavy atom. The second kappa shape index (κ2) is 7.51. The first kappa shape index (κ1) is 17.2. The molecule has 1 heterocycles. The molecule has 0 saturated carbocycles. The van der Waals surface area contributed by atoms with Crippen molar-refractivity contribution in [2.24, 2.45) is 0 Å². The van der Waals surface area contributed by atoms with Crippen LogP contribution in [0, 0.1) is 13.8 Å². The first-order valence-corrected chi connectivity index (χ1v) is 8.77. The van der Waals surface area contributed by atoms with Gasteiger partial charge in [-0.15, -0.1) is 0 Å². The lowest BCUT2D eigenvalue weighted by Gasteiger charge is -2.15. The fourth-order valence-corrected chi connectivity index (χ4v) is 3.73. The van der Waals surface area contributed by atoms with Gasteiger partial charge in [-0.1, -0.05) is 35.9 Å². The van der Waals surface area contributed by atoms with Gasteiger partial charge in [-0.05, 0) is 38.0 Å². The van der Waals surface area contributed by atoms with Crippen LogP contribution in [0.3, 0.4) is 0 Å². The minimum Gasteiger partial charge on any atom is -0.394 e. The number of halogens is 1. The molecule has 0 unspecified atom stereocenters. The standard InChI is InChI=1S/C19H24ClN3O/c1-13-19(14(2)23(22-13)8-9-24)16-6-7-18(11-16)21-12-15-4-3-5-17(20)10-15/h3-7,10,16,18,21,24H,8-9,11-12H2,1-2H3/t16-,18+/m0/s1. The van der Waals surface area contributed by atoms with Crippen molar-refractivity contribution in [1.82, 2.24) is 15.1 Å². The van der Waals surface area contributed by atoms with Gasteiger partial charge in [0.05, 0.1) is 18.8 Å². The lowest BCUT2D eigenvalue weighted by atomic mass is 9.96. The van der Waals surface area contributed by atoms with Crippen LogP contribution in [0.15, 0.2) is 36.4 Å². The summed E-state index contributed by atoms with van der Waals surface area (Å²) < 4.78 is 1.91. The summed E-state index contributed by atoms with van der Waals surface area (Å²) in [5, 5.41) is 18.1. The summed E-state index contributed by atoms with van der Waals surface area (Å²) in [7, 11) is 0. The molecule has 5 heteroatoms. The van der Waals surface area contributed by atoms with E-state index >= 15 is 0 Å². The van der Waals surface area contributed by atoms with E-state index in [0.29, 0.717) is 18.5 Å². The molecule has 128 valence electrons. The molecular formula is C19H24ClN3O. The maximum atomic E-state index is 9.16. The summed E-state index contributed by atoms with van der Waals surface area (Å²) in [6, 6.07) is 8.32. The van der Waals surface area contributed by atoms with Gasteiger partial charge in [-0.2, -0.15) is 5.10 Å². The summed E-state index contributed by atoms with van der Waals surface area (Å²) in [6.07, 6.45) is 5.56. The minimum absolute atomic E-state index is 0.117. The van der Waals surface area contributed by atoms with Crippen molar-refractivity contribution >= 4 is 11.6 Å². The molecule has 0 bridgehead atoms. The average molecular weight is 346 g/mol. The van der Waals surface area contributed by atoms with Crippen LogP contribution in [0.1, 0.15) is 34.9 Å². The van der Waals surface area contributed by atoms with Crippen molar-refractivity contribution in [1.29, 1.82) is 0 Å². The van der Waals surface area contributed by atoms with Crippen LogP contribution >= 0.6 is 11.6 Å². The van der Waals surface area contributed by atoms with Crippen LogP contribution in [0.4, 0.5) is 0 Å². The number of aromatic nitrogens is 2. The molecule has 4 nitrogen and oxygen atoms in total. The first-order valence-electron chi connectivity index (χ1n) is 8.39. The number of aryl methyl sites for hydroxylation is 1. The Hall–Kier alpha value is -1.62. The average Bonchev–Trinajstić information content (AvgIpc) is 3.11. The van der Waals surface area contributed by atoms with Gasteiger partial charge in [0.2, 0.25) is 0 Å². The Morgan fingerprint density at radius 2 is 2.17 bits per heavy atom. The molecule has 0 fully saturated rings. The Bertz CT molecular complexity index is 738. The summed E-state index contributed by atoms with van der Waals surface area (Å²) in [5.41, 5.74) is 4.71. The third-order valence-electron chi connectivity index (χ3n) is 4.66. The molecule has 1 aromatic heterocycles. The third-order valence-corrected chi connectivity index (χ3v) is 4.90. The molecule has 3 rings (SSSR count). The molecule has 1 aliphatic carbocycles. The molecule has 0 radical (unpaired) electrons. The van der Waals surface area contributed by atoms with Gasteiger partial charge in [0.25, 0.3) is 0 Å². The van der Waals surface area contributed by atoms with Gasteiger partial charge in [-0.3, -0.25) is 4.68 Å². The van der Waals surface area contributed by atoms with Crippen molar-refractivity contribution in [2.75, 3.05) is 6.61 Å². The van der Waals surface area contributed by atoms with Crippen molar-refractivity contribution < 1.29 is 5.11 Å². The van der Waals surface area contributed by atoms with Gasteiger partial charge < -0.3 is 10.4 Å². The Balaban J connectivity index is 1.63. The van der Waals surface area contributed by atoms with Crippen LogP contribution in [-0.4, -0.2) is 27.5 Å². The number of hydrogen-bond donors (Lipinski definition) is 2. The monoisotopic (exact) mass is 345 g/mol. The fourth-order valence-electron chi connectivity index (χ4n) is 3.52. The number of hydrogen-bond acceptors (Lipinski definition) is 3. The van der Waals surface area contributed by atoms with Gasteiger partial charge in [0, 0.05) is 34.8 Å². The zero-order valence-corrected chi connectivity index (χ0v) is 14.9. The fraction of sp³-hybridized carbons (Fsp3) is 0.421. The van der Waals surface area contributed by atoms with E-state index in [4.69, 9.17) is 16.7 Å². The zero-order valence-electron chi connectivity index (χ0n) is 14.2. The van der Waals surface area contributed by atoms with Gasteiger partial charge in [-0.25, -0.2) is 0 Å². The van der Waals surface area contributed by atoms with Crippen molar-refractivity contribution in [3.05, 3.63) is 64.0 Å². The van der Waals surface area contributed by atoms with E-state index in [1.54, 1.807) is 0 Å². The maximum Gasteiger partial charge on any atom is 0.0644 e. The number of rotatable bonds is 6. The number of benzene rings is 1. The summed E-state index contributed by atoms with van der Waals surface area (Å²) in [6.45, 7) is 5.62. The normalized spacial score (nSPS) is 20.0. The smallest absolute Gasteiger partial charge is 0.0644 e. The van der Waals surface area contributed by atoms with Crippen molar-refractivity contribution in [3.8, 4) is 0 Å². The molecule has 24 heavy (non-hydrogen) atoms. The molecule has 1 aliphatic rings. The molecule has 0 aliphatic heterocycles. The van der Waals surface area contributed by atoms with E-state index in [1.165, 1.54) is 11.1 Å². The number of aliphatic hydroxyl groups is 1. The van der Waals surface area contributed by atoms with Crippen molar-refractivity contribution in [2.45, 2.75) is 45.3 Å².